The number of furan rings is 1. The molecule has 0 bridgehead atoms. The van der Waals surface area contributed by atoms with Crippen LogP contribution in [-0.4, -0.2) is 12.0 Å². The van der Waals surface area contributed by atoms with Crippen LogP contribution in [0.25, 0.3) is 0 Å². The fourth-order valence-electron chi connectivity index (χ4n) is 1.74. The zero-order valence-electron chi connectivity index (χ0n) is 9.20. The van der Waals surface area contributed by atoms with E-state index in [0.717, 1.165) is 11.3 Å². The molecule has 2 heterocycles. The van der Waals surface area contributed by atoms with Crippen LogP contribution in [0.15, 0.2) is 35.2 Å². The first-order valence-corrected chi connectivity index (χ1v) is 5.04. The number of nitrogens with zero attached hydrogens (tertiary/aromatic N) is 1. The van der Waals surface area contributed by atoms with Crippen LogP contribution >= 0.6 is 0 Å². The summed E-state index contributed by atoms with van der Waals surface area (Å²) in [5.41, 5.74) is 1.48. The van der Waals surface area contributed by atoms with Crippen LogP contribution in [0.1, 0.15) is 22.9 Å². The lowest BCUT2D eigenvalue weighted by Gasteiger charge is -2.14. The minimum absolute atomic E-state index is 0.208. The van der Waals surface area contributed by atoms with Gasteiger partial charge in [0.15, 0.2) is 0 Å². The molecule has 2 aromatic rings. The molecule has 0 saturated carbocycles. The molecule has 1 atom stereocenters. The first-order chi connectivity index (χ1) is 7.72. The topological polar surface area (TPSA) is 38.1 Å². The zero-order valence-corrected chi connectivity index (χ0v) is 9.20. The van der Waals surface area contributed by atoms with Crippen LogP contribution in [0.4, 0.5) is 4.39 Å². The third kappa shape index (κ3) is 1.97. The summed E-state index contributed by atoms with van der Waals surface area (Å²) < 4.78 is 18.8. The lowest BCUT2D eigenvalue weighted by atomic mass is 10.0. The minimum atomic E-state index is -0.319. The number of hydrogen-bond acceptors (Lipinski definition) is 3. The molecule has 2 aromatic heterocycles. The number of halogens is 1. The Morgan fingerprint density at radius 3 is 2.88 bits per heavy atom. The summed E-state index contributed by atoms with van der Waals surface area (Å²) in [6.45, 7) is 1.86. The largest absolute Gasteiger partial charge is 0.469 e. The third-order valence-corrected chi connectivity index (χ3v) is 2.49. The number of rotatable bonds is 3. The highest BCUT2D eigenvalue weighted by molar-refractivity contribution is 5.30. The summed E-state index contributed by atoms with van der Waals surface area (Å²) in [5, 5.41) is 3.06. The molecule has 0 aromatic carbocycles. The van der Waals surface area contributed by atoms with Crippen molar-refractivity contribution in [2.45, 2.75) is 13.0 Å². The van der Waals surface area contributed by atoms with Gasteiger partial charge in [0.05, 0.1) is 18.5 Å². The fourth-order valence-corrected chi connectivity index (χ4v) is 1.74. The van der Waals surface area contributed by atoms with Crippen LogP contribution in [0.2, 0.25) is 0 Å². The van der Waals surface area contributed by atoms with Crippen molar-refractivity contribution < 1.29 is 8.81 Å². The van der Waals surface area contributed by atoms with E-state index in [4.69, 9.17) is 4.42 Å². The van der Waals surface area contributed by atoms with E-state index in [2.05, 4.69) is 10.3 Å². The Bertz CT molecular complexity index is 481. The van der Waals surface area contributed by atoms with E-state index in [-0.39, 0.29) is 11.9 Å². The Balaban J connectivity index is 2.40. The normalized spacial score (nSPS) is 12.7. The van der Waals surface area contributed by atoms with Gasteiger partial charge in [0.1, 0.15) is 11.6 Å². The maximum Gasteiger partial charge on any atom is 0.146 e. The van der Waals surface area contributed by atoms with Crippen molar-refractivity contribution >= 4 is 0 Å². The van der Waals surface area contributed by atoms with Crippen LogP contribution in [0.5, 0.6) is 0 Å². The van der Waals surface area contributed by atoms with E-state index in [1.807, 2.05) is 13.0 Å². The minimum Gasteiger partial charge on any atom is -0.469 e. The second kappa shape index (κ2) is 4.45. The second-order valence-electron chi connectivity index (χ2n) is 3.61. The van der Waals surface area contributed by atoms with Gasteiger partial charge in [-0.25, -0.2) is 4.39 Å². The Hall–Kier alpha value is -1.68. The lowest BCUT2D eigenvalue weighted by molar-refractivity contribution is 0.524. The van der Waals surface area contributed by atoms with Gasteiger partial charge in [-0.2, -0.15) is 0 Å². The van der Waals surface area contributed by atoms with E-state index in [1.54, 1.807) is 25.6 Å². The molecule has 1 unspecified atom stereocenters. The van der Waals surface area contributed by atoms with E-state index in [9.17, 15) is 4.39 Å². The van der Waals surface area contributed by atoms with Gasteiger partial charge in [0, 0.05) is 17.3 Å². The van der Waals surface area contributed by atoms with Gasteiger partial charge in [-0.05, 0) is 26.1 Å². The molecule has 0 aliphatic heterocycles. The monoisotopic (exact) mass is 220 g/mol. The van der Waals surface area contributed by atoms with Crippen LogP contribution < -0.4 is 5.32 Å². The Kier molecular flexibility index (Phi) is 3.01. The molecule has 2 rings (SSSR count). The molecule has 0 saturated heterocycles. The van der Waals surface area contributed by atoms with Crippen LogP contribution in [0, 0.1) is 12.7 Å². The predicted molar refractivity (Wildman–Crippen MR) is 58.5 cm³/mol. The molecule has 0 aliphatic rings. The quantitative estimate of drug-likeness (QED) is 0.863. The van der Waals surface area contributed by atoms with E-state index >= 15 is 0 Å². The lowest BCUT2D eigenvalue weighted by Crippen LogP contribution is -2.18. The smallest absolute Gasteiger partial charge is 0.146 e. The Morgan fingerprint density at radius 2 is 2.31 bits per heavy atom. The SMILES string of the molecule is CNC(c1coc(C)c1)c1ccncc1F. The maximum atomic E-state index is 13.6. The fraction of sp³-hybridized carbons (Fsp3) is 0.250. The summed E-state index contributed by atoms with van der Waals surface area (Å²) >= 11 is 0. The molecule has 16 heavy (non-hydrogen) atoms. The highest BCUT2D eigenvalue weighted by atomic mass is 19.1. The highest BCUT2D eigenvalue weighted by Gasteiger charge is 2.17. The number of nitrogens with one attached hydrogen (secondary N) is 1. The summed E-state index contributed by atoms with van der Waals surface area (Å²) in [4.78, 5) is 3.73. The van der Waals surface area contributed by atoms with E-state index in [0.29, 0.717) is 5.56 Å². The summed E-state index contributed by atoms with van der Waals surface area (Å²) in [7, 11) is 1.78. The third-order valence-electron chi connectivity index (χ3n) is 2.49. The molecule has 4 heteroatoms. The standard InChI is InChI=1S/C12H13FN2O/c1-8-5-9(7-16-8)12(14-2)10-3-4-15-6-11(10)13/h3-7,12,14H,1-2H3. The Morgan fingerprint density at radius 1 is 1.50 bits per heavy atom. The zero-order chi connectivity index (χ0) is 11.5. The van der Waals surface area contributed by atoms with Crippen molar-refractivity contribution in [1.29, 1.82) is 0 Å². The molecule has 84 valence electrons. The summed E-state index contributed by atoms with van der Waals surface area (Å²) in [5.74, 6) is 0.491. The first-order valence-electron chi connectivity index (χ1n) is 5.04. The van der Waals surface area contributed by atoms with Gasteiger partial charge in [-0.15, -0.1) is 0 Å². The van der Waals surface area contributed by atoms with Crippen molar-refractivity contribution in [1.82, 2.24) is 10.3 Å². The van der Waals surface area contributed by atoms with Crippen LogP contribution in [-0.2, 0) is 0 Å². The van der Waals surface area contributed by atoms with Gasteiger partial charge >= 0.3 is 0 Å². The number of aromatic nitrogens is 1. The molecule has 0 radical (unpaired) electrons. The van der Waals surface area contributed by atoms with Gasteiger partial charge in [-0.1, -0.05) is 0 Å². The molecule has 3 nitrogen and oxygen atoms in total. The van der Waals surface area contributed by atoms with Crippen molar-refractivity contribution in [3.8, 4) is 0 Å². The molecule has 1 N–H and O–H groups in total. The molecular formula is C12H13FN2O. The molecule has 0 amide bonds. The number of pyridine rings is 1. The number of hydrogen-bond donors (Lipinski definition) is 1. The average Bonchev–Trinajstić information content (AvgIpc) is 2.69. The molecule has 0 spiro atoms. The maximum absolute atomic E-state index is 13.6. The van der Waals surface area contributed by atoms with E-state index in [1.165, 1.54) is 6.20 Å². The summed E-state index contributed by atoms with van der Waals surface area (Å²) in [6, 6.07) is 3.35. The predicted octanol–water partition coefficient (Wildman–Crippen LogP) is 2.43. The van der Waals surface area contributed by atoms with Crippen molar-refractivity contribution in [3.05, 3.63) is 53.5 Å². The van der Waals surface area contributed by atoms with Crippen molar-refractivity contribution in [2.75, 3.05) is 7.05 Å². The second-order valence-corrected chi connectivity index (χ2v) is 3.61. The first kappa shape index (κ1) is 10.8. The molecule has 0 aliphatic carbocycles. The Labute approximate surface area is 93.3 Å². The van der Waals surface area contributed by atoms with Crippen LogP contribution in [0.3, 0.4) is 0 Å². The molecule has 0 fully saturated rings. The average molecular weight is 220 g/mol. The highest BCUT2D eigenvalue weighted by Crippen LogP contribution is 2.24. The van der Waals surface area contributed by atoms with Gasteiger partial charge in [-0.3, -0.25) is 4.98 Å². The molecular weight excluding hydrogens is 207 g/mol. The van der Waals surface area contributed by atoms with Gasteiger partial charge in [0.25, 0.3) is 0 Å². The van der Waals surface area contributed by atoms with E-state index < -0.39 is 0 Å². The number of aryl methyl sites for hydroxylation is 1. The van der Waals surface area contributed by atoms with Crippen molar-refractivity contribution in [3.63, 3.8) is 0 Å². The summed E-state index contributed by atoms with van der Waals surface area (Å²) in [6.07, 6.45) is 4.43. The van der Waals surface area contributed by atoms with Gasteiger partial charge < -0.3 is 9.73 Å². The van der Waals surface area contributed by atoms with Crippen molar-refractivity contribution in [2.24, 2.45) is 0 Å². The van der Waals surface area contributed by atoms with Gasteiger partial charge in [0.2, 0.25) is 0 Å².